The zero-order valence-electron chi connectivity index (χ0n) is 44.4. The van der Waals surface area contributed by atoms with Gasteiger partial charge in [0.2, 0.25) is 0 Å². The van der Waals surface area contributed by atoms with Crippen LogP contribution in [0.15, 0.2) is 279 Å². The molecule has 79 heavy (non-hydrogen) atoms. The minimum absolute atomic E-state index is 0.475. The van der Waals surface area contributed by atoms with E-state index in [1.54, 1.807) is 0 Å². The molecule has 0 N–H and O–H groups in total. The van der Waals surface area contributed by atoms with Crippen LogP contribution in [0.4, 0.5) is 17.1 Å². The molecule has 0 unspecified atom stereocenters. The Morgan fingerprint density at radius 2 is 0.709 bits per heavy atom. The van der Waals surface area contributed by atoms with E-state index >= 15 is 0 Å². The van der Waals surface area contributed by atoms with E-state index in [9.17, 15) is 0 Å². The Balaban J connectivity index is 0.833. The Morgan fingerprint density at radius 1 is 0.304 bits per heavy atom. The molecule has 0 saturated heterocycles. The maximum Gasteiger partial charge on any atom is 0.0726 e. The molecule has 0 aliphatic heterocycles. The Hall–Kier alpha value is -9.76. The van der Waals surface area contributed by atoms with Gasteiger partial charge in [0, 0.05) is 33.4 Å². The molecular weight excluding hydrogens is 953 g/mol. The van der Waals surface area contributed by atoms with Crippen molar-refractivity contribution in [2.45, 2.75) is 32.1 Å². The highest BCUT2D eigenvalue weighted by molar-refractivity contribution is 6.10. The second-order valence-corrected chi connectivity index (χ2v) is 21.3. The number of nitrogens with zero attached hydrogens (tertiary/aromatic N) is 2. The fraction of sp³-hybridized carbons (Fsp3) is 0.0649. The van der Waals surface area contributed by atoms with Crippen LogP contribution in [0.1, 0.15) is 47.2 Å². The summed E-state index contributed by atoms with van der Waals surface area (Å²) in [6.07, 6.45) is 2.04. The van der Waals surface area contributed by atoms with E-state index in [2.05, 4.69) is 302 Å². The molecule has 0 bridgehead atoms. The number of anilines is 3. The molecule has 374 valence electrons. The maximum atomic E-state index is 2.50. The number of aromatic nitrogens is 1. The Labute approximate surface area is 462 Å². The summed E-state index contributed by atoms with van der Waals surface area (Å²) in [4.78, 5) is 2.50. The van der Waals surface area contributed by atoms with Gasteiger partial charge in [0.15, 0.2) is 0 Å². The van der Waals surface area contributed by atoms with E-state index in [1.807, 2.05) is 0 Å². The van der Waals surface area contributed by atoms with Gasteiger partial charge in [0.05, 0.1) is 22.1 Å². The van der Waals surface area contributed by atoms with Gasteiger partial charge >= 0.3 is 0 Å². The molecule has 1 aromatic heterocycles. The summed E-state index contributed by atoms with van der Waals surface area (Å²) in [6, 6.07) is 104. The van der Waals surface area contributed by atoms with Crippen molar-refractivity contribution < 1.29 is 0 Å². The van der Waals surface area contributed by atoms with Gasteiger partial charge in [0.1, 0.15) is 0 Å². The van der Waals surface area contributed by atoms with Crippen LogP contribution in [0, 0.1) is 0 Å². The summed E-state index contributed by atoms with van der Waals surface area (Å²) in [5.41, 5.74) is 29.1. The summed E-state index contributed by atoms with van der Waals surface area (Å²) in [6.45, 7) is 4.47. The van der Waals surface area contributed by atoms with Crippen molar-refractivity contribution in [1.82, 2.24) is 4.57 Å². The summed E-state index contributed by atoms with van der Waals surface area (Å²) in [7, 11) is 0. The smallest absolute Gasteiger partial charge is 0.0726 e. The molecule has 2 aliphatic rings. The largest absolute Gasteiger partial charge is 0.310 e. The zero-order chi connectivity index (χ0) is 52.6. The van der Waals surface area contributed by atoms with Gasteiger partial charge in [-0.1, -0.05) is 226 Å². The standard InChI is InChI=1S/C77H56N2/c1-3-51-27-45-74-68(47-51)69-48-52(4-2)28-46-75(69)79(74)61-40-35-57(36-41-61)55-31-29-54(30-32-55)56-33-38-60(39-34-56)78(76-49-59(53-17-7-5-8-18-53)37-43-63(76)58-19-9-6-10-20-58)62-42-44-67-66-23-13-16-26-72(66)77(73(67)50-62)70-24-14-11-21-64(70)65-22-12-15-25-71(65)77/h5-50H,3-4H2,1-2H3. The molecule has 0 atom stereocenters. The van der Waals surface area contributed by atoms with Crippen molar-refractivity contribution in [3.05, 3.63) is 312 Å². The minimum Gasteiger partial charge on any atom is -0.310 e. The number of fused-ring (bicyclic) bond motifs is 13. The van der Waals surface area contributed by atoms with Crippen molar-refractivity contribution in [1.29, 1.82) is 0 Å². The summed E-state index contributed by atoms with van der Waals surface area (Å²) in [5, 5.41) is 2.65. The van der Waals surface area contributed by atoms with Gasteiger partial charge < -0.3 is 9.47 Å². The molecule has 2 aliphatic carbocycles. The third-order valence-electron chi connectivity index (χ3n) is 17.2. The number of benzene rings is 12. The van der Waals surface area contributed by atoms with E-state index in [-0.39, 0.29) is 0 Å². The van der Waals surface area contributed by atoms with Crippen LogP contribution in [-0.2, 0) is 18.3 Å². The van der Waals surface area contributed by atoms with Crippen LogP contribution >= 0.6 is 0 Å². The Kier molecular flexibility index (Phi) is 11.1. The van der Waals surface area contributed by atoms with Gasteiger partial charge in [-0.25, -0.2) is 0 Å². The first kappa shape index (κ1) is 46.5. The Bertz CT molecular complexity index is 4340. The van der Waals surface area contributed by atoms with Crippen LogP contribution in [0.2, 0.25) is 0 Å². The fourth-order valence-corrected chi connectivity index (χ4v) is 13.3. The summed E-state index contributed by atoms with van der Waals surface area (Å²) < 4.78 is 2.43. The predicted molar refractivity (Wildman–Crippen MR) is 332 cm³/mol. The van der Waals surface area contributed by atoms with E-state index < -0.39 is 5.41 Å². The van der Waals surface area contributed by atoms with Crippen molar-refractivity contribution >= 4 is 38.9 Å². The van der Waals surface area contributed by atoms with Crippen molar-refractivity contribution in [3.8, 4) is 72.4 Å². The van der Waals surface area contributed by atoms with Gasteiger partial charge in [-0.2, -0.15) is 0 Å². The van der Waals surface area contributed by atoms with Crippen LogP contribution in [0.25, 0.3) is 94.3 Å². The third kappa shape index (κ3) is 7.39. The van der Waals surface area contributed by atoms with Crippen LogP contribution in [0.3, 0.4) is 0 Å². The molecule has 0 saturated carbocycles. The molecular formula is C77H56N2. The van der Waals surface area contributed by atoms with Gasteiger partial charge in [0.25, 0.3) is 0 Å². The van der Waals surface area contributed by atoms with Crippen molar-refractivity contribution in [3.63, 3.8) is 0 Å². The first-order chi connectivity index (χ1) is 39.1. The fourth-order valence-electron chi connectivity index (χ4n) is 13.3. The highest BCUT2D eigenvalue weighted by Crippen LogP contribution is 2.63. The molecule has 2 heteroatoms. The minimum atomic E-state index is -0.475. The van der Waals surface area contributed by atoms with E-state index in [1.165, 1.54) is 117 Å². The molecule has 13 aromatic rings. The molecule has 1 spiro atoms. The topological polar surface area (TPSA) is 8.17 Å². The highest BCUT2D eigenvalue weighted by Gasteiger charge is 2.51. The molecule has 2 nitrogen and oxygen atoms in total. The average Bonchev–Trinajstić information content (AvgIpc) is 4.21. The molecule has 0 amide bonds. The molecule has 0 fully saturated rings. The van der Waals surface area contributed by atoms with E-state index in [0.29, 0.717) is 0 Å². The lowest BCUT2D eigenvalue weighted by atomic mass is 9.70. The monoisotopic (exact) mass is 1010 g/mol. The lowest BCUT2D eigenvalue weighted by molar-refractivity contribution is 0.793. The SMILES string of the molecule is CCc1ccc2c(c1)c1cc(CC)ccc1n2-c1ccc(-c2ccc(-c3ccc(N(c4ccc5c(c4)C4(c6ccccc6-c6ccccc64)c4ccccc4-5)c4cc(-c5ccccc5)ccc4-c4ccccc4)cc3)cc2)cc1. The van der Waals surface area contributed by atoms with Crippen LogP contribution < -0.4 is 4.90 Å². The highest BCUT2D eigenvalue weighted by atomic mass is 15.1. The zero-order valence-corrected chi connectivity index (χ0v) is 44.4. The number of rotatable bonds is 10. The molecule has 0 radical (unpaired) electrons. The molecule has 15 rings (SSSR count). The van der Waals surface area contributed by atoms with Gasteiger partial charge in [-0.05, 0) is 174 Å². The number of hydrogen-bond acceptors (Lipinski definition) is 1. The first-order valence-corrected chi connectivity index (χ1v) is 27.9. The molecule has 12 aromatic carbocycles. The third-order valence-corrected chi connectivity index (χ3v) is 17.2. The van der Waals surface area contributed by atoms with Crippen molar-refractivity contribution in [2.75, 3.05) is 4.90 Å². The average molecular weight is 1010 g/mol. The lowest BCUT2D eigenvalue weighted by Crippen LogP contribution is -2.26. The van der Waals surface area contributed by atoms with Crippen molar-refractivity contribution in [2.24, 2.45) is 0 Å². The van der Waals surface area contributed by atoms with E-state index in [0.717, 1.165) is 41.0 Å². The Morgan fingerprint density at radius 3 is 1.23 bits per heavy atom. The van der Waals surface area contributed by atoms with Crippen LogP contribution in [-0.4, -0.2) is 4.57 Å². The maximum absolute atomic E-state index is 2.50. The predicted octanol–water partition coefficient (Wildman–Crippen LogP) is 20.4. The number of hydrogen-bond donors (Lipinski definition) is 0. The van der Waals surface area contributed by atoms with E-state index in [4.69, 9.17) is 0 Å². The quantitative estimate of drug-likeness (QED) is 0.133. The molecule has 1 heterocycles. The normalized spacial score (nSPS) is 12.6. The second-order valence-electron chi connectivity index (χ2n) is 21.3. The van der Waals surface area contributed by atoms with Gasteiger partial charge in [-0.3, -0.25) is 0 Å². The van der Waals surface area contributed by atoms with Crippen LogP contribution in [0.5, 0.6) is 0 Å². The summed E-state index contributed by atoms with van der Waals surface area (Å²) in [5.74, 6) is 0. The lowest BCUT2D eigenvalue weighted by Gasteiger charge is -2.33. The second kappa shape index (κ2) is 18.8. The summed E-state index contributed by atoms with van der Waals surface area (Å²) >= 11 is 0. The number of aryl methyl sites for hydroxylation is 2. The first-order valence-electron chi connectivity index (χ1n) is 27.9. The van der Waals surface area contributed by atoms with Gasteiger partial charge in [-0.15, -0.1) is 0 Å².